The van der Waals surface area contributed by atoms with Gasteiger partial charge >= 0.3 is 5.97 Å². The van der Waals surface area contributed by atoms with Crippen LogP contribution in [-0.4, -0.2) is 53.9 Å². The highest BCUT2D eigenvalue weighted by Gasteiger charge is 2.26. The minimum atomic E-state index is -3.85. The molecule has 1 aromatic carbocycles. The van der Waals surface area contributed by atoms with Crippen LogP contribution in [0.1, 0.15) is 49.9 Å². The summed E-state index contributed by atoms with van der Waals surface area (Å²) >= 11 is 0. The van der Waals surface area contributed by atoms with Crippen LogP contribution in [0, 0.1) is 12.7 Å². The van der Waals surface area contributed by atoms with Crippen LogP contribution < -0.4 is 4.72 Å². The van der Waals surface area contributed by atoms with Gasteiger partial charge in [0.1, 0.15) is 11.6 Å². The molecular formula is C23H31FN4O5S. The summed E-state index contributed by atoms with van der Waals surface area (Å²) in [6, 6.07) is 6.02. The van der Waals surface area contributed by atoms with Gasteiger partial charge in [-0.25, -0.2) is 22.5 Å². The second-order valence-electron chi connectivity index (χ2n) is 8.49. The minimum absolute atomic E-state index is 0.0404. The first-order chi connectivity index (χ1) is 16.2. The van der Waals surface area contributed by atoms with Gasteiger partial charge in [-0.1, -0.05) is 31.4 Å². The van der Waals surface area contributed by atoms with Gasteiger partial charge < -0.3 is 14.2 Å². The molecule has 34 heavy (non-hydrogen) atoms. The van der Waals surface area contributed by atoms with E-state index < -0.39 is 22.6 Å². The Labute approximate surface area is 199 Å². The first-order valence-corrected chi connectivity index (χ1v) is 12.8. The quantitative estimate of drug-likeness (QED) is 0.508. The molecule has 0 bridgehead atoms. The highest BCUT2D eigenvalue weighted by molar-refractivity contribution is 7.89. The van der Waals surface area contributed by atoms with Crippen LogP contribution >= 0.6 is 0 Å². The monoisotopic (exact) mass is 494 g/mol. The maximum absolute atomic E-state index is 13.3. The van der Waals surface area contributed by atoms with E-state index in [1.807, 2.05) is 0 Å². The predicted octanol–water partition coefficient (Wildman–Crippen LogP) is 2.44. The summed E-state index contributed by atoms with van der Waals surface area (Å²) < 4.78 is 46.8. The smallest absolute Gasteiger partial charge is 0.307 e. The minimum Gasteiger partial charge on any atom is -0.456 e. The molecule has 1 fully saturated rings. The summed E-state index contributed by atoms with van der Waals surface area (Å²) in [5, 5.41) is -0.125. The number of halogens is 1. The third kappa shape index (κ3) is 7.10. The van der Waals surface area contributed by atoms with E-state index >= 15 is 0 Å². The van der Waals surface area contributed by atoms with E-state index in [9.17, 15) is 22.4 Å². The summed E-state index contributed by atoms with van der Waals surface area (Å²) in [5.74, 6) is -0.809. The Kier molecular flexibility index (Phi) is 8.78. The zero-order valence-electron chi connectivity index (χ0n) is 19.5. The Balaban J connectivity index is 1.51. The number of nitrogens with zero attached hydrogens (tertiary/aromatic N) is 3. The molecule has 11 heteroatoms. The van der Waals surface area contributed by atoms with Crippen molar-refractivity contribution in [2.75, 3.05) is 13.2 Å². The second kappa shape index (κ2) is 11.6. The van der Waals surface area contributed by atoms with Gasteiger partial charge in [-0.3, -0.25) is 9.59 Å². The lowest BCUT2D eigenvalue weighted by Crippen LogP contribution is -2.43. The summed E-state index contributed by atoms with van der Waals surface area (Å²) in [7, 11) is -2.16. The van der Waals surface area contributed by atoms with Crippen molar-refractivity contribution in [2.45, 2.75) is 63.1 Å². The van der Waals surface area contributed by atoms with Crippen LogP contribution in [0.25, 0.3) is 0 Å². The fraction of sp³-hybridized carbons (Fsp3) is 0.522. The first-order valence-electron chi connectivity index (χ1n) is 11.3. The molecular weight excluding hydrogens is 463 g/mol. The van der Waals surface area contributed by atoms with E-state index in [4.69, 9.17) is 4.74 Å². The molecule has 186 valence electrons. The molecule has 1 amide bonds. The number of ether oxygens (including phenoxy) is 1. The average molecular weight is 495 g/mol. The van der Waals surface area contributed by atoms with E-state index in [0.29, 0.717) is 12.4 Å². The van der Waals surface area contributed by atoms with Crippen molar-refractivity contribution in [1.29, 1.82) is 0 Å². The number of aromatic nitrogens is 2. The fourth-order valence-electron chi connectivity index (χ4n) is 3.91. The maximum Gasteiger partial charge on any atom is 0.307 e. The largest absolute Gasteiger partial charge is 0.456 e. The highest BCUT2D eigenvalue weighted by atomic mass is 32.2. The number of nitrogens with one attached hydrogen (secondary N) is 1. The Morgan fingerprint density at radius 2 is 1.88 bits per heavy atom. The van der Waals surface area contributed by atoms with Gasteiger partial charge in [-0.15, -0.1) is 0 Å². The molecule has 3 rings (SSSR count). The number of benzene rings is 1. The summed E-state index contributed by atoms with van der Waals surface area (Å²) in [5.41, 5.74) is 0.797. The van der Waals surface area contributed by atoms with Crippen molar-refractivity contribution in [3.05, 3.63) is 47.7 Å². The SMILES string of the molecule is Cc1nc(S(=O)(=O)NCCC(=O)OCC(=O)N(Cc2ccc(F)cc2)C2CCCCC2)cn1C. The molecule has 1 aliphatic rings. The Morgan fingerprint density at radius 3 is 2.50 bits per heavy atom. The molecule has 9 nitrogen and oxygen atoms in total. The first kappa shape index (κ1) is 25.8. The number of hydrogen-bond acceptors (Lipinski definition) is 6. The van der Waals surface area contributed by atoms with Crippen molar-refractivity contribution in [3.8, 4) is 0 Å². The van der Waals surface area contributed by atoms with Gasteiger partial charge in [-0.2, -0.15) is 0 Å². The van der Waals surface area contributed by atoms with Crippen LogP contribution in [0.4, 0.5) is 4.39 Å². The second-order valence-corrected chi connectivity index (χ2v) is 10.2. The molecule has 1 heterocycles. The molecule has 2 aromatic rings. The number of sulfonamides is 1. The van der Waals surface area contributed by atoms with Crippen LogP contribution in [0.3, 0.4) is 0 Å². The molecule has 0 atom stereocenters. The standard InChI is InChI=1S/C23H31FN4O5S/c1-17-26-21(15-27(17)2)34(31,32)25-13-12-23(30)33-16-22(29)28(20-6-4-3-5-7-20)14-18-8-10-19(24)11-9-18/h8-11,15,20,25H,3-7,12-14,16H2,1-2H3. The van der Waals surface area contributed by atoms with Crippen molar-refractivity contribution in [1.82, 2.24) is 19.2 Å². The summed E-state index contributed by atoms with van der Waals surface area (Å²) in [6.07, 6.45) is 6.07. The number of esters is 1. The van der Waals surface area contributed by atoms with Crippen molar-refractivity contribution >= 4 is 21.9 Å². The number of imidazole rings is 1. The molecule has 0 spiro atoms. The summed E-state index contributed by atoms with van der Waals surface area (Å²) in [4.78, 5) is 30.7. The third-order valence-corrected chi connectivity index (χ3v) is 7.27. The lowest BCUT2D eigenvalue weighted by molar-refractivity contribution is -0.153. The Morgan fingerprint density at radius 1 is 1.21 bits per heavy atom. The number of amides is 1. The summed E-state index contributed by atoms with van der Waals surface area (Å²) in [6.45, 7) is 1.39. The number of carbonyl (C=O) groups is 2. The Hall–Kier alpha value is -2.79. The van der Waals surface area contributed by atoms with Gasteiger partial charge in [0, 0.05) is 32.4 Å². The van der Waals surface area contributed by atoms with Crippen LogP contribution in [0.5, 0.6) is 0 Å². The lowest BCUT2D eigenvalue weighted by Gasteiger charge is -2.34. The molecule has 1 aromatic heterocycles. The van der Waals surface area contributed by atoms with E-state index in [1.54, 1.807) is 35.6 Å². The van der Waals surface area contributed by atoms with Crippen molar-refractivity contribution in [2.24, 2.45) is 7.05 Å². The van der Waals surface area contributed by atoms with E-state index in [1.165, 1.54) is 18.3 Å². The number of aryl methyl sites for hydroxylation is 2. The van der Waals surface area contributed by atoms with Gasteiger partial charge in [0.05, 0.1) is 6.42 Å². The molecule has 0 aliphatic heterocycles. The molecule has 0 radical (unpaired) electrons. The zero-order chi connectivity index (χ0) is 24.7. The van der Waals surface area contributed by atoms with Gasteiger partial charge in [-0.05, 0) is 37.5 Å². The molecule has 1 aliphatic carbocycles. The zero-order valence-corrected chi connectivity index (χ0v) is 20.3. The van der Waals surface area contributed by atoms with Crippen LogP contribution in [-0.2, 0) is 37.9 Å². The molecule has 0 unspecified atom stereocenters. The van der Waals surface area contributed by atoms with E-state index in [2.05, 4.69) is 9.71 Å². The van der Waals surface area contributed by atoms with Crippen molar-refractivity contribution < 1.29 is 27.1 Å². The predicted molar refractivity (Wildman–Crippen MR) is 123 cm³/mol. The van der Waals surface area contributed by atoms with Crippen LogP contribution in [0.2, 0.25) is 0 Å². The highest BCUT2D eigenvalue weighted by Crippen LogP contribution is 2.24. The topological polar surface area (TPSA) is 111 Å². The van der Waals surface area contributed by atoms with Gasteiger partial charge in [0.2, 0.25) is 0 Å². The molecule has 1 saturated carbocycles. The molecule has 1 N–H and O–H groups in total. The molecule has 0 saturated heterocycles. The van der Waals surface area contributed by atoms with Crippen LogP contribution in [0.15, 0.2) is 35.5 Å². The average Bonchev–Trinajstić information content (AvgIpc) is 3.16. The van der Waals surface area contributed by atoms with E-state index in [-0.39, 0.29) is 35.8 Å². The fourth-order valence-corrected chi connectivity index (χ4v) is 4.98. The van der Waals surface area contributed by atoms with Gasteiger partial charge in [0.25, 0.3) is 15.9 Å². The Bertz CT molecular complexity index is 1080. The van der Waals surface area contributed by atoms with Gasteiger partial charge in [0.15, 0.2) is 11.6 Å². The maximum atomic E-state index is 13.3. The van der Waals surface area contributed by atoms with E-state index in [0.717, 1.165) is 37.7 Å². The number of hydrogen-bond donors (Lipinski definition) is 1. The third-order valence-electron chi connectivity index (χ3n) is 5.94. The number of carbonyl (C=O) groups excluding carboxylic acids is 2. The normalized spacial score (nSPS) is 14.7. The number of rotatable bonds is 10. The lowest BCUT2D eigenvalue weighted by atomic mass is 9.93. The van der Waals surface area contributed by atoms with Crippen molar-refractivity contribution in [3.63, 3.8) is 0 Å².